The molecule has 2 fully saturated rings. The van der Waals surface area contributed by atoms with E-state index in [1.807, 2.05) is 25.1 Å². The van der Waals surface area contributed by atoms with Crippen LogP contribution in [0.2, 0.25) is 0 Å². The number of hydrogen-bond donors (Lipinski definition) is 1. The number of carbonyl (C=O) groups excluding carboxylic acids is 1. The van der Waals surface area contributed by atoms with Crippen molar-refractivity contribution in [3.63, 3.8) is 0 Å². The lowest BCUT2D eigenvalue weighted by molar-refractivity contribution is 0.0730. The molecule has 10 heteroatoms. The van der Waals surface area contributed by atoms with Crippen LogP contribution in [0.5, 0.6) is 5.75 Å². The molecule has 0 spiro atoms. The van der Waals surface area contributed by atoms with E-state index in [0.717, 1.165) is 16.9 Å². The first-order valence-corrected chi connectivity index (χ1v) is 12.8. The maximum Gasteiger partial charge on any atom is 0.253 e. The van der Waals surface area contributed by atoms with E-state index in [1.165, 1.54) is 10.4 Å². The monoisotopic (exact) mass is 489 g/mol. The van der Waals surface area contributed by atoms with Crippen molar-refractivity contribution in [2.24, 2.45) is 0 Å². The summed E-state index contributed by atoms with van der Waals surface area (Å²) in [7, 11) is -2.12. The Morgan fingerprint density at radius 3 is 2.35 bits per heavy atom. The molecule has 2 aliphatic heterocycles. The zero-order valence-corrected chi connectivity index (χ0v) is 20.4. The molecule has 184 valence electrons. The normalized spacial score (nSPS) is 17.4. The van der Waals surface area contributed by atoms with Crippen molar-refractivity contribution < 1.29 is 27.4 Å². The Labute approximate surface area is 200 Å². The third-order valence-corrected chi connectivity index (χ3v) is 7.99. The van der Waals surface area contributed by atoms with Crippen molar-refractivity contribution >= 4 is 21.6 Å². The van der Waals surface area contributed by atoms with Gasteiger partial charge in [0.1, 0.15) is 5.75 Å². The van der Waals surface area contributed by atoms with Gasteiger partial charge in [0.2, 0.25) is 10.0 Å². The quantitative estimate of drug-likeness (QED) is 0.633. The molecule has 0 radical (unpaired) electrons. The van der Waals surface area contributed by atoms with Gasteiger partial charge in [0, 0.05) is 38.4 Å². The number of benzene rings is 2. The highest BCUT2D eigenvalue weighted by atomic mass is 32.2. The highest BCUT2D eigenvalue weighted by molar-refractivity contribution is 7.89. The number of hydrogen-bond acceptors (Lipinski definition) is 7. The SMILES string of the molecule is COc1cc(CNC(=O)c2cc(S(=O)(=O)N3CCOCC3)ccc2N2CCOCC2)ccc1C. The lowest BCUT2D eigenvalue weighted by Gasteiger charge is -2.31. The summed E-state index contributed by atoms with van der Waals surface area (Å²) in [5.74, 6) is 0.416. The smallest absolute Gasteiger partial charge is 0.253 e. The summed E-state index contributed by atoms with van der Waals surface area (Å²) in [4.78, 5) is 15.5. The van der Waals surface area contributed by atoms with E-state index in [2.05, 4.69) is 10.2 Å². The van der Waals surface area contributed by atoms with E-state index in [0.29, 0.717) is 70.4 Å². The molecule has 0 bridgehead atoms. The predicted molar refractivity (Wildman–Crippen MR) is 128 cm³/mol. The van der Waals surface area contributed by atoms with Crippen molar-refractivity contribution in [3.8, 4) is 5.75 Å². The summed E-state index contributed by atoms with van der Waals surface area (Å²) < 4.78 is 44.0. The predicted octanol–water partition coefficient (Wildman–Crippen LogP) is 1.79. The van der Waals surface area contributed by atoms with Gasteiger partial charge in [-0.15, -0.1) is 0 Å². The van der Waals surface area contributed by atoms with E-state index in [1.54, 1.807) is 19.2 Å². The van der Waals surface area contributed by atoms with Gasteiger partial charge in [-0.2, -0.15) is 4.31 Å². The Morgan fingerprint density at radius 1 is 1.00 bits per heavy atom. The first-order chi connectivity index (χ1) is 16.4. The molecule has 1 amide bonds. The summed E-state index contributed by atoms with van der Waals surface area (Å²) in [5.41, 5.74) is 2.92. The van der Waals surface area contributed by atoms with Crippen LogP contribution in [0.3, 0.4) is 0 Å². The Balaban J connectivity index is 1.62. The first-order valence-electron chi connectivity index (χ1n) is 11.4. The number of carbonyl (C=O) groups is 1. The number of amides is 1. The molecule has 4 rings (SSSR count). The van der Waals surface area contributed by atoms with Crippen LogP contribution in [0.4, 0.5) is 5.69 Å². The van der Waals surface area contributed by atoms with Gasteiger partial charge in [-0.05, 0) is 42.3 Å². The largest absolute Gasteiger partial charge is 0.496 e. The van der Waals surface area contributed by atoms with Gasteiger partial charge in [-0.3, -0.25) is 4.79 Å². The number of methoxy groups -OCH3 is 1. The third kappa shape index (κ3) is 5.35. The van der Waals surface area contributed by atoms with E-state index < -0.39 is 10.0 Å². The average Bonchev–Trinajstić information content (AvgIpc) is 2.88. The second-order valence-electron chi connectivity index (χ2n) is 8.28. The van der Waals surface area contributed by atoms with E-state index in [4.69, 9.17) is 14.2 Å². The third-order valence-electron chi connectivity index (χ3n) is 6.10. The van der Waals surface area contributed by atoms with Gasteiger partial charge in [-0.25, -0.2) is 8.42 Å². The molecule has 0 saturated carbocycles. The number of nitrogens with zero attached hydrogens (tertiary/aromatic N) is 2. The number of aryl methyl sites for hydroxylation is 1. The minimum atomic E-state index is -3.73. The summed E-state index contributed by atoms with van der Waals surface area (Å²) in [6.45, 7) is 5.92. The highest BCUT2D eigenvalue weighted by Crippen LogP contribution is 2.27. The number of ether oxygens (including phenoxy) is 3. The van der Waals surface area contributed by atoms with Crippen molar-refractivity contribution in [2.45, 2.75) is 18.4 Å². The molecule has 34 heavy (non-hydrogen) atoms. The molecular formula is C24H31N3O6S. The Bertz CT molecular complexity index is 1130. The van der Waals surface area contributed by atoms with Gasteiger partial charge in [0.05, 0.1) is 44.0 Å². The molecular weight excluding hydrogens is 458 g/mol. The standard InChI is InChI=1S/C24H31N3O6S/c1-18-3-4-19(15-23(18)31-2)17-25-24(28)21-16-20(34(29,30)27-9-13-33-14-10-27)5-6-22(21)26-7-11-32-12-8-26/h3-6,15-16H,7-14,17H2,1-2H3,(H,25,28). The van der Waals surface area contributed by atoms with Crippen LogP contribution in [0.25, 0.3) is 0 Å². The molecule has 2 heterocycles. The summed E-state index contributed by atoms with van der Waals surface area (Å²) in [6.07, 6.45) is 0. The zero-order valence-electron chi connectivity index (χ0n) is 19.6. The van der Waals surface area contributed by atoms with E-state index in [9.17, 15) is 13.2 Å². The highest BCUT2D eigenvalue weighted by Gasteiger charge is 2.29. The number of rotatable bonds is 7. The molecule has 2 aromatic rings. The van der Waals surface area contributed by atoms with Gasteiger partial charge >= 0.3 is 0 Å². The average molecular weight is 490 g/mol. The lowest BCUT2D eigenvalue weighted by Crippen LogP contribution is -2.41. The summed E-state index contributed by atoms with van der Waals surface area (Å²) >= 11 is 0. The van der Waals surface area contributed by atoms with Crippen LogP contribution >= 0.6 is 0 Å². The van der Waals surface area contributed by atoms with Crippen LogP contribution in [0.1, 0.15) is 21.5 Å². The van der Waals surface area contributed by atoms with Gasteiger partial charge in [0.25, 0.3) is 5.91 Å². The number of nitrogens with one attached hydrogen (secondary N) is 1. The minimum absolute atomic E-state index is 0.105. The van der Waals surface area contributed by atoms with Crippen molar-refractivity contribution in [1.82, 2.24) is 9.62 Å². The van der Waals surface area contributed by atoms with Crippen LogP contribution in [0, 0.1) is 6.92 Å². The van der Waals surface area contributed by atoms with E-state index in [-0.39, 0.29) is 10.8 Å². The Hall–Kier alpha value is -2.66. The molecule has 0 unspecified atom stereocenters. The molecule has 0 aliphatic carbocycles. The van der Waals surface area contributed by atoms with Crippen molar-refractivity contribution in [3.05, 3.63) is 53.1 Å². The van der Waals surface area contributed by atoms with Gasteiger partial charge < -0.3 is 24.4 Å². The maximum atomic E-state index is 13.3. The molecule has 0 aromatic heterocycles. The Morgan fingerprint density at radius 2 is 1.68 bits per heavy atom. The van der Waals surface area contributed by atoms with E-state index >= 15 is 0 Å². The van der Waals surface area contributed by atoms with Crippen molar-refractivity contribution in [2.75, 3.05) is 64.6 Å². The van der Waals surface area contributed by atoms with Crippen molar-refractivity contribution in [1.29, 1.82) is 0 Å². The van der Waals surface area contributed by atoms with Crippen LogP contribution in [-0.2, 0) is 26.0 Å². The Kier molecular flexibility index (Phi) is 7.72. The minimum Gasteiger partial charge on any atom is -0.496 e. The fourth-order valence-corrected chi connectivity index (χ4v) is 5.56. The summed E-state index contributed by atoms with van der Waals surface area (Å²) in [5, 5.41) is 2.94. The number of anilines is 1. The number of morpholine rings is 2. The van der Waals surface area contributed by atoms with Crippen LogP contribution < -0.4 is 15.0 Å². The summed E-state index contributed by atoms with van der Waals surface area (Å²) in [6, 6.07) is 10.5. The molecule has 2 aromatic carbocycles. The molecule has 9 nitrogen and oxygen atoms in total. The first kappa shape index (κ1) is 24.5. The second-order valence-corrected chi connectivity index (χ2v) is 10.2. The topological polar surface area (TPSA) is 97.4 Å². The second kappa shape index (κ2) is 10.7. The van der Waals surface area contributed by atoms with Crippen LogP contribution in [0.15, 0.2) is 41.3 Å². The molecule has 2 aliphatic rings. The maximum absolute atomic E-state index is 13.3. The fourth-order valence-electron chi connectivity index (χ4n) is 4.13. The number of sulfonamides is 1. The molecule has 0 atom stereocenters. The zero-order chi connectivity index (χ0) is 24.1. The van der Waals surface area contributed by atoms with Crippen LogP contribution in [-0.4, -0.2) is 78.3 Å². The lowest BCUT2D eigenvalue weighted by atomic mass is 10.1. The van der Waals surface area contributed by atoms with Gasteiger partial charge in [0.15, 0.2) is 0 Å². The molecule has 2 saturated heterocycles. The molecule has 1 N–H and O–H groups in total. The van der Waals surface area contributed by atoms with Gasteiger partial charge in [-0.1, -0.05) is 12.1 Å². The fraction of sp³-hybridized carbons (Fsp3) is 0.458.